The van der Waals surface area contributed by atoms with Crippen LogP contribution in [-0.2, 0) is 0 Å². The smallest absolute Gasteiger partial charge is 0.248 e. The van der Waals surface area contributed by atoms with Gasteiger partial charge in [-0.25, -0.2) is 0 Å². The van der Waals surface area contributed by atoms with E-state index < -0.39 is 0 Å². The quantitative estimate of drug-likeness (QED) is 0.664. The minimum atomic E-state index is -0.379. The summed E-state index contributed by atoms with van der Waals surface area (Å²) in [6.45, 7) is 4.54. The van der Waals surface area contributed by atoms with Gasteiger partial charge in [-0.3, -0.25) is 4.79 Å². The molecule has 2 heteroatoms. The first-order valence-electron chi connectivity index (χ1n) is 7.57. The van der Waals surface area contributed by atoms with E-state index in [-0.39, 0.29) is 5.91 Å². The van der Waals surface area contributed by atoms with Gasteiger partial charge in [0.05, 0.1) is 0 Å². The fourth-order valence-electron chi connectivity index (χ4n) is 1.81. The van der Waals surface area contributed by atoms with Crippen LogP contribution >= 0.6 is 0 Å². The predicted octanol–water partition coefficient (Wildman–Crippen LogP) is 4.93. The molecule has 0 saturated carbocycles. The average Bonchev–Trinajstić information content (AvgIpc) is 2.44. The highest BCUT2D eigenvalue weighted by molar-refractivity contribution is 5.92. The normalized spacial score (nSPS) is 9.58. The van der Waals surface area contributed by atoms with Gasteiger partial charge in [0.15, 0.2) is 0 Å². The Morgan fingerprint density at radius 3 is 1.58 bits per heavy atom. The van der Waals surface area contributed by atoms with Crippen molar-refractivity contribution in [3.8, 4) is 0 Å². The molecular weight excluding hydrogens is 234 g/mol. The molecular formula is C17H29NO. The van der Waals surface area contributed by atoms with Crippen molar-refractivity contribution in [1.29, 1.82) is 0 Å². The second kappa shape index (κ2) is 13.1. The van der Waals surface area contributed by atoms with Crippen molar-refractivity contribution in [1.82, 2.24) is 0 Å². The summed E-state index contributed by atoms with van der Waals surface area (Å²) in [5.41, 5.74) is 5.53. The summed E-state index contributed by atoms with van der Waals surface area (Å²) in [4.78, 5) is 10.4. The van der Waals surface area contributed by atoms with E-state index in [1.807, 2.05) is 6.07 Å². The van der Waals surface area contributed by atoms with Gasteiger partial charge in [0.2, 0.25) is 5.91 Å². The Kier molecular flexibility index (Phi) is 12.2. The van der Waals surface area contributed by atoms with E-state index in [9.17, 15) is 4.79 Å². The largest absolute Gasteiger partial charge is 0.366 e. The molecule has 1 aromatic rings. The first kappa shape index (κ1) is 17.7. The number of unbranched alkanes of at least 4 members (excludes halogenated alkanes) is 7. The highest BCUT2D eigenvalue weighted by atomic mass is 16.1. The lowest BCUT2D eigenvalue weighted by atomic mass is 10.1. The van der Waals surface area contributed by atoms with Crippen LogP contribution in [0.4, 0.5) is 0 Å². The van der Waals surface area contributed by atoms with Crippen LogP contribution in [0.15, 0.2) is 30.3 Å². The fourth-order valence-corrected chi connectivity index (χ4v) is 1.81. The van der Waals surface area contributed by atoms with Crippen molar-refractivity contribution in [3.63, 3.8) is 0 Å². The molecule has 2 nitrogen and oxygen atoms in total. The SMILES string of the molecule is CCCCCCCCCC.NC(=O)c1ccccc1. The summed E-state index contributed by atoms with van der Waals surface area (Å²) >= 11 is 0. The third-order valence-corrected chi connectivity index (χ3v) is 3.02. The van der Waals surface area contributed by atoms with Gasteiger partial charge in [-0.05, 0) is 12.1 Å². The molecule has 0 fully saturated rings. The Hall–Kier alpha value is -1.31. The van der Waals surface area contributed by atoms with Gasteiger partial charge in [-0.15, -0.1) is 0 Å². The number of amides is 1. The number of hydrogen-bond acceptors (Lipinski definition) is 1. The topological polar surface area (TPSA) is 43.1 Å². The molecule has 0 aliphatic heterocycles. The van der Waals surface area contributed by atoms with Gasteiger partial charge in [0.1, 0.15) is 0 Å². The van der Waals surface area contributed by atoms with Crippen molar-refractivity contribution in [3.05, 3.63) is 35.9 Å². The molecule has 19 heavy (non-hydrogen) atoms. The van der Waals surface area contributed by atoms with E-state index in [1.54, 1.807) is 24.3 Å². The Balaban J connectivity index is 0.000000342. The molecule has 1 aromatic carbocycles. The molecule has 1 amide bonds. The van der Waals surface area contributed by atoms with Crippen LogP contribution in [0.25, 0.3) is 0 Å². The zero-order valence-electron chi connectivity index (χ0n) is 12.5. The standard InChI is InChI=1S/C10H22.C7H7NO/c1-3-5-7-9-10-8-6-4-2;8-7(9)6-4-2-1-3-5-6/h3-10H2,1-2H3;1-5H,(H2,8,9). The molecule has 0 spiro atoms. The van der Waals surface area contributed by atoms with Crippen molar-refractivity contribution in [2.45, 2.75) is 65.2 Å². The second-order valence-corrected chi connectivity index (χ2v) is 4.85. The predicted molar refractivity (Wildman–Crippen MR) is 83.2 cm³/mol. The van der Waals surface area contributed by atoms with Crippen molar-refractivity contribution < 1.29 is 4.79 Å². The van der Waals surface area contributed by atoms with Gasteiger partial charge in [0, 0.05) is 5.56 Å². The first-order valence-corrected chi connectivity index (χ1v) is 7.57. The Morgan fingerprint density at radius 1 is 0.842 bits per heavy atom. The number of rotatable bonds is 8. The average molecular weight is 263 g/mol. The van der Waals surface area contributed by atoms with Crippen LogP contribution in [0.1, 0.15) is 75.6 Å². The van der Waals surface area contributed by atoms with Gasteiger partial charge >= 0.3 is 0 Å². The molecule has 1 rings (SSSR count). The Bertz CT molecular complexity index is 300. The summed E-state index contributed by atoms with van der Waals surface area (Å²) in [5, 5.41) is 0. The van der Waals surface area contributed by atoms with Crippen molar-refractivity contribution in [2.75, 3.05) is 0 Å². The number of benzene rings is 1. The highest BCUT2D eigenvalue weighted by Gasteiger charge is 1.93. The molecule has 0 heterocycles. The maximum absolute atomic E-state index is 10.4. The maximum atomic E-state index is 10.4. The monoisotopic (exact) mass is 263 g/mol. The van der Waals surface area contributed by atoms with Gasteiger partial charge in [-0.2, -0.15) is 0 Å². The molecule has 2 N–H and O–H groups in total. The molecule has 0 unspecified atom stereocenters. The lowest BCUT2D eigenvalue weighted by molar-refractivity contribution is 0.100. The molecule has 0 saturated heterocycles. The summed E-state index contributed by atoms with van der Waals surface area (Å²) in [6, 6.07) is 8.76. The van der Waals surface area contributed by atoms with Crippen LogP contribution in [0.3, 0.4) is 0 Å². The van der Waals surface area contributed by atoms with Crippen molar-refractivity contribution in [2.24, 2.45) is 5.73 Å². The van der Waals surface area contributed by atoms with Crippen LogP contribution in [-0.4, -0.2) is 5.91 Å². The zero-order chi connectivity index (χ0) is 14.3. The fraction of sp³-hybridized carbons (Fsp3) is 0.588. The molecule has 0 aliphatic rings. The van der Waals surface area contributed by atoms with Crippen LogP contribution in [0.5, 0.6) is 0 Å². The summed E-state index contributed by atoms with van der Waals surface area (Å²) in [6.07, 6.45) is 11.5. The lowest BCUT2D eigenvalue weighted by Crippen LogP contribution is -2.09. The molecule has 108 valence electrons. The third kappa shape index (κ3) is 11.5. The summed E-state index contributed by atoms with van der Waals surface area (Å²) in [5.74, 6) is -0.379. The lowest BCUT2D eigenvalue weighted by Gasteiger charge is -1.97. The number of carbonyl (C=O) groups excluding carboxylic acids is 1. The summed E-state index contributed by atoms with van der Waals surface area (Å²) in [7, 11) is 0. The maximum Gasteiger partial charge on any atom is 0.248 e. The van der Waals surface area contributed by atoms with Gasteiger partial charge in [-0.1, -0.05) is 83.4 Å². The Labute approximate surface area is 118 Å². The van der Waals surface area contributed by atoms with Crippen LogP contribution in [0.2, 0.25) is 0 Å². The Morgan fingerprint density at radius 2 is 1.26 bits per heavy atom. The number of hydrogen-bond donors (Lipinski definition) is 1. The van der Waals surface area contributed by atoms with Crippen LogP contribution < -0.4 is 5.73 Å². The minimum Gasteiger partial charge on any atom is -0.366 e. The highest BCUT2D eigenvalue weighted by Crippen LogP contribution is 2.07. The molecule has 0 atom stereocenters. The molecule has 0 aromatic heterocycles. The third-order valence-electron chi connectivity index (χ3n) is 3.02. The molecule has 0 bridgehead atoms. The second-order valence-electron chi connectivity index (χ2n) is 4.85. The first-order chi connectivity index (χ1) is 9.22. The van der Waals surface area contributed by atoms with E-state index >= 15 is 0 Å². The molecule has 0 aliphatic carbocycles. The zero-order valence-corrected chi connectivity index (χ0v) is 12.5. The number of primary amides is 1. The van der Waals surface area contributed by atoms with Crippen LogP contribution in [0, 0.1) is 0 Å². The van der Waals surface area contributed by atoms with Crippen molar-refractivity contribution >= 4 is 5.91 Å². The van der Waals surface area contributed by atoms with Gasteiger partial charge < -0.3 is 5.73 Å². The number of nitrogens with two attached hydrogens (primary N) is 1. The molecule has 0 radical (unpaired) electrons. The van der Waals surface area contributed by atoms with E-state index in [4.69, 9.17) is 5.73 Å². The van der Waals surface area contributed by atoms with Gasteiger partial charge in [0.25, 0.3) is 0 Å². The van der Waals surface area contributed by atoms with E-state index in [0.717, 1.165) is 0 Å². The summed E-state index contributed by atoms with van der Waals surface area (Å²) < 4.78 is 0. The van der Waals surface area contributed by atoms with E-state index in [2.05, 4.69) is 13.8 Å². The number of carbonyl (C=O) groups is 1. The van der Waals surface area contributed by atoms with E-state index in [1.165, 1.54) is 51.4 Å². The van der Waals surface area contributed by atoms with E-state index in [0.29, 0.717) is 5.56 Å². The minimum absolute atomic E-state index is 0.379.